The molecule has 0 bridgehead atoms. The zero-order chi connectivity index (χ0) is 32.4. The van der Waals surface area contributed by atoms with Gasteiger partial charge in [-0.05, 0) is 48.4 Å². The minimum atomic E-state index is -4.31. The average Bonchev–Trinajstić information content (AvgIpc) is 3.06. The van der Waals surface area contributed by atoms with E-state index in [1.54, 1.807) is 61.5 Å². The third-order valence-electron chi connectivity index (χ3n) is 7.19. The van der Waals surface area contributed by atoms with Gasteiger partial charge in [-0.15, -0.1) is 0 Å². The van der Waals surface area contributed by atoms with Crippen LogP contribution in [0.4, 0.5) is 5.69 Å². The van der Waals surface area contributed by atoms with Gasteiger partial charge in [-0.3, -0.25) is 13.9 Å². The molecule has 11 heteroatoms. The molecule has 2 amide bonds. The highest BCUT2D eigenvalue weighted by atomic mass is 35.5. The number of ether oxygens (including phenoxy) is 2. The van der Waals surface area contributed by atoms with E-state index >= 15 is 0 Å². The van der Waals surface area contributed by atoms with Crippen LogP contribution in [0.2, 0.25) is 5.02 Å². The predicted molar refractivity (Wildman–Crippen MR) is 175 cm³/mol. The van der Waals surface area contributed by atoms with Crippen molar-refractivity contribution in [1.82, 2.24) is 10.2 Å². The number of benzene rings is 4. The van der Waals surface area contributed by atoms with E-state index in [9.17, 15) is 18.0 Å². The molecule has 0 aromatic heterocycles. The maximum atomic E-state index is 14.5. The number of likely N-dealkylation sites (N-methyl/N-ethyl adjacent to an activating group) is 1. The van der Waals surface area contributed by atoms with Crippen LogP contribution in [-0.4, -0.2) is 58.5 Å². The molecule has 0 aliphatic rings. The summed E-state index contributed by atoms with van der Waals surface area (Å²) < 4.78 is 40.4. The number of hydrogen-bond donors (Lipinski definition) is 1. The Morgan fingerprint density at radius 3 is 2.13 bits per heavy atom. The lowest BCUT2D eigenvalue weighted by molar-refractivity contribution is -0.140. The number of sulfonamides is 1. The van der Waals surface area contributed by atoms with E-state index in [1.165, 1.54) is 37.3 Å². The van der Waals surface area contributed by atoms with Crippen molar-refractivity contribution in [3.63, 3.8) is 0 Å². The fourth-order valence-corrected chi connectivity index (χ4v) is 6.51. The van der Waals surface area contributed by atoms with Gasteiger partial charge in [-0.25, -0.2) is 8.42 Å². The van der Waals surface area contributed by atoms with Gasteiger partial charge in [0.2, 0.25) is 11.8 Å². The Kier molecular flexibility index (Phi) is 11.5. The van der Waals surface area contributed by atoms with E-state index in [2.05, 4.69) is 5.32 Å². The normalized spacial score (nSPS) is 11.7. The summed E-state index contributed by atoms with van der Waals surface area (Å²) in [6.07, 6.45) is 0.191. The second-order valence-corrected chi connectivity index (χ2v) is 12.3. The van der Waals surface area contributed by atoms with E-state index < -0.39 is 28.5 Å². The number of nitrogens with one attached hydrogen (secondary N) is 1. The summed E-state index contributed by atoms with van der Waals surface area (Å²) in [7, 11) is -1.44. The molecule has 0 spiro atoms. The molecule has 0 radical (unpaired) electrons. The highest BCUT2D eigenvalue weighted by molar-refractivity contribution is 7.92. The van der Waals surface area contributed by atoms with E-state index in [-0.39, 0.29) is 35.2 Å². The Morgan fingerprint density at radius 2 is 1.51 bits per heavy atom. The predicted octanol–water partition coefficient (Wildman–Crippen LogP) is 5.33. The van der Waals surface area contributed by atoms with Crippen molar-refractivity contribution in [2.24, 2.45) is 0 Å². The Balaban J connectivity index is 1.86. The van der Waals surface area contributed by atoms with Crippen molar-refractivity contribution in [2.75, 3.05) is 31.6 Å². The van der Waals surface area contributed by atoms with E-state index in [1.807, 2.05) is 30.3 Å². The number of nitrogens with zero attached hydrogens (tertiary/aromatic N) is 2. The summed E-state index contributed by atoms with van der Waals surface area (Å²) in [4.78, 5) is 29.5. The summed E-state index contributed by atoms with van der Waals surface area (Å²) in [5.74, 6) is -0.418. The van der Waals surface area contributed by atoms with Gasteiger partial charge >= 0.3 is 0 Å². The van der Waals surface area contributed by atoms with Crippen LogP contribution in [0.3, 0.4) is 0 Å². The quantitative estimate of drug-likeness (QED) is 0.198. The molecule has 0 aliphatic carbocycles. The molecule has 0 aliphatic heterocycles. The first kappa shape index (κ1) is 33.4. The maximum absolute atomic E-state index is 14.5. The molecule has 0 fully saturated rings. The van der Waals surface area contributed by atoms with Crippen LogP contribution in [0.15, 0.2) is 108 Å². The van der Waals surface area contributed by atoms with Crippen molar-refractivity contribution in [1.29, 1.82) is 0 Å². The summed E-state index contributed by atoms with van der Waals surface area (Å²) in [6, 6.07) is 27.9. The van der Waals surface area contributed by atoms with Gasteiger partial charge in [-0.1, -0.05) is 78.3 Å². The lowest BCUT2D eigenvalue weighted by atomic mass is 10.0. The zero-order valence-electron chi connectivity index (χ0n) is 25.4. The van der Waals surface area contributed by atoms with Crippen LogP contribution >= 0.6 is 11.6 Å². The molecule has 0 heterocycles. The fraction of sp³-hybridized carbons (Fsp3) is 0.235. The van der Waals surface area contributed by atoms with E-state index in [0.717, 1.165) is 9.87 Å². The molecule has 45 heavy (non-hydrogen) atoms. The van der Waals surface area contributed by atoms with Crippen molar-refractivity contribution < 1.29 is 27.5 Å². The SMILES string of the molecule is CCNC(=O)C(Cc1ccccc1)N(Cc1ccccc1Cl)C(=O)CN(c1cc(OC)ccc1OC)S(=O)(=O)c1ccccc1. The first-order valence-corrected chi connectivity index (χ1v) is 16.2. The van der Waals surface area contributed by atoms with Crippen LogP contribution in [0.1, 0.15) is 18.1 Å². The number of methoxy groups -OCH3 is 2. The van der Waals surface area contributed by atoms with Crippen molar-refractivity contribution >= 4 is 39.1 Å². The molecule has 0 saturated heterocycles. The molecule has 1 unspecified atom stereocenters. The van der Waals surface area contributed by atoms with Crippen LogP contribution in [0.25, 0.3) is 0 Å². The monoisotopic (exact) mass is 649 g/mol. The average molecular weight is 650 g/mol. The Labute approximate surface area is 269 Å². The van der Waals surface area contributed by atoms with Crippen LogP contribution < -0.4 is 19.1 Å². The molecule has 236 valence electrons. The Hall–Kier alpha value is -4.54. The van der Waals surface area contributed by atoms with Gasteiger partial charge in [0.25, 0.3) is 10.0 Å². The highest BCUT2D eigenvalue weighted by Crippen LogP contribution is 2.36. The number of carbonyl (C=O) groups is 2. The summed E-state index contributed by atoms with van der Waals surface area (Å²) >= 11 is 6.53. The summed E-state index contributed by atoms with van der Waals surface area (Å²) in [6.45, 7) is 1.45. The van der Waals surface area contributed by atoms with Crippen LogP contribution in [0, 0.1) is 0 Å². The molecular formula is C34H36ClN3O6S. The number of halogens is 1. The smallest absolute Gasteiger partial charge is 0.264 e. The highest BCUT2D eigenvalue weighted by Gasteiger charge is 2.35. The van der Waals surface area contributed by atoms with Crippen LogP contribution in [0.5, 0.6) is 11.5 Å². The molecule has 4 aromatic rings. The van der Waals surface area contributed by atoms with Gasteiger partial charge in [0.15, 0.2) is 0 Å². The molecule has 4 aromatic carbocycles. The van der Waals surface area contributed by atoms with E-state index in [0.29, 0.717) is 22.9 Å². The van der Waals surface area contributed by atoms with Gasteiger partial charge in [-0.2, -0.15) is 0 Å². The lowest BCUT2D eigenvalue weighted by Crippen LogP contribution is -2.53. The number of anilines is 1. The van der Waals surface area contributed by atoms with Gasteiger partial charge in [0, 0.05) is 30.6 Å². The number of hydrogen-bond acceptors (Lipinski definition) is 6. The van der Waals surface area contributed by atoms with Gasteiger partial charge in [0.05, 0.1) is 24.8 Å². The first-order chi connectivity index (χ1) is 21.7. The van der Waals surface area contributed by atoms with E-state index in [4.69, 9.17) is 21.1 Å². The number of amides is 2. The zero-order valence-corrected chi connectivity index (χ0v) is 26.9. The van der Waals surface area contributed by atoms with Crippen molar-refractivity contribution in [2.45, 2.75) is 30.8 Å². The lowest BCUT2D eigenvalue weighted by Gasteiger charge is -2.34. The van der Waals surface area contributed by atoms with Crippen LogP contribution in [-0.2, 0) is 32.6 Å². The second-order valence-electron chi connectivity index (χ2n) is 10.1. The van der Waals surface area contributed by atoms with Crippen molar-refractivity contribution in [3.8, 4) is 11.5 Å². The molecule has 4 rings (SSSR count). The number of carbonyl (C=O) groups excluding carboxylic acids is 2. The fourth-order valence-electron chi connectivity index (χ4n) is 4.88. The largest absolute Gasteiger partial charge is 0.497 e. The summed E-state index contributed by atoms with van der Waals surface area (Å²) in [5.41, 5.74) is 1.53. The minimum Gasteiger partial charge on any atom is -0.497 e. The minimum absolute atomic E-state index is 0.0233. The van der Waals surface area contributed by atoms with Crippen molar-refractivity contribution in [3.05, 3.63) is 119 Å². The third kappa shape index (κ3) is 8.14. The molecule has 9 nitrogen and oxygen atoms in total. The Bertz CT molecular complexity index is 1700. The molecular weight excluding hydrogens is 614 g/mol. The third-order valence-corrected chi connectivity index (χ3v) is 9.33. The first-order valence-electron chi connectivity index (χ1n) is 14.3. The maximum Gasteiger partial charge on any atom is 0.264 e. The Morgan fingerprint density at radius 1 is 0.867 bits per heavy atom. The standard InChI is InChI=1S/C34H36ClN3O6S/c1-4-36-34(40)31(21-25-13-7-5-8-14-25)37(23-26-15-11-12-18-29(26)35)33(39)24-38(45(41,42)28-16-9-6-10-17-28)30-22-27(43-2)19-20-32(30)44-3/h5-20,22,31H,4,21,23-24H2,1-3H3,(H,36,40). The molecule has 0 saturated carbocycles. The molecule has 1 N–H and O–H groups in total. The van der Waals surface area contributed by atoms with Gasteiger partial charge < -0.3 is 19.7 Å². The topological polar surface area (TPSA) is 105 Å². The number of rotatable bonds is 14. The van der Waals surface area contributed by atoms with Gasteiger partial charge in [0.1, 0.15) is 24.1 Å². The second kappa shape index (κ2) is 15.5. The molecule has 1 atom stereocenters. The summed E-state index contributed by atoms with van der Waals surface area (Å²) in [5, 5.41) is 3.25.